The molecule has 0 saturated carbocycles. The smallest absolute Gasteiger partial charge is 0.410 e. The van der Waals surface area contributed by atoms with E-state index in [0.717, 1.165) is 27.9 Å². The molecule has 28 heavy (non-hydrogen) atoms. The summed E-state index contributed by atoms with van der Waals surface area (Å²) in [6.45, 7) is 10.9. The van der Waals surface area contributed by atoms with Crippen LogP contribution in [0.4, 0.5) is 10.6 Å². The van der Waals surface area contributed by atoms with E-state index >= 15 is 0 Å². The number of nitrogens with zero attached hydrogens (tertiary/aromatic N) is 4. The minimum Gasteiger partial charge on any atom is -0.444 e. The van der Waals surface area contributed by atoms with Gasteiger partial charge in [0, 0.05) is 19.6 Å². The fraction of sp³-hybridized carbons (Fsp3) is 0.429. The van der Waals surface area contributed by atoms with Crippen molar-refractivity contribution in [3.63, 3.8) is 0 Å². The highest BCUT2D eigenvalue weighted by molar-refractivity contribution is 5.69. The topological polar surface area (TPSA) is 91.1 Å². The Morgan fingerprint density at radius 3 is 2.64 bits per heavy atom. The number of ether oxygens (including phenoxy) is 1. The first kappa shape index (κ1) is 19.6. The van der Waals surface area contributed by atoms with Crippen molar-refractivity contribution in [2.24, 2.45) is 0 Å². The number of carbonyl (C=O) groups is 1. The van der Waals surface area contributed by atoms with Crippen LogP contribution in [0.2, 0.25) is 0 Å². The summed E-state index contributed by atoms with van der Waals surface area (Å²) in [6.07, 6.45) is -0.299. The van der Waals surface area contributed by atoms with E-state index in [4.69, 9.17) is 4.74 Å². The molecule has 1 N–H and O–H groups in total. The Balaban J connectivity index is 1.69. The van der Waals surface area contributed by atoms with Crippen LogP contribution in [-0.4, -0.2) is 26.8 Å². The van der Waals surface area contributed by atoms with Crippen LogP contribution < -0.4 is 5.32 Å². The van der Waals surface area contributed by atoms with Crippen LogP contribution in [-0.2, 0) is 24.4 Å². The van der Waals surface area contributed by atoms with E-state index in [1.54, 1.807) is 4.90 Å². The number of amides is 1. The maximum Gasteiger partial charge on any atom is 0.410 e. The Labute approximate surface area is 165 Å². The standard InChI is InChI=1S/C21H25N5O2/c1-13-14(2)24-25-19(18(13)9-22)23-10-15-6-7-16-11-26(12-17(16)8-15)20(27)28-21(3,4)5/h6-8H,10-12H2,1-5H3,(H,23,25). The van der Waals surface area contributed by atoms with Crippen molar-refractivity contribution in [1.82, 2.24) is 15.1 Å². The minimum atomic E-state index is -0.507. The van der Waals surface area contributed by atoms with Crippen LogP contribution in [0.1, 0.15) is 54.3 Å². The summed E-state index contributed by atoms with van der Waals surface area (Å²) in [7, 11) is 0. The first-order valence-corrected chi connectivity index (χ1v) is 9.24. The van der Waals surface area contributed by atoms with Gasteiger partial charge in [-0.05, 0) is 56.9 Å². The predicted molar refractivity (Wildman–Crippen MR) is 105 cm³/mol. The largest absolute Gasteiger partial charge is 0.444 e. The van der Waals surface area contributed by atoms with Gasteiger partial charge in [0.2, 0.25) is 0 Å². The second kappa shape index (κ2) is 7.47. The minimum absolute atomic E-state index is 0.299. The lowest BCUT2D eigenvalue weighted by atomic mass is 10.1. The van der Waals surface area contributed by atoms with E-state index in [9.17, 15) is 10.1 Å². The number of hydrogen-bond acceptors (Lipinski definition) is 6. The summed E-state index contributed by atoms with van der Waals surface area (Å²) in [5, 5.41) is 20.8. The van der Waals surface area contributed by atoms with Gasteiger partial charge in [-0.3, -0.25) is 4.90 Å². The quantitative estimate of drug-likeness (QED) is 0.871. The fourth-order valence-corrected chi connectivity index (χ4v) is 3.07. The molecule has 1 aromatic carbocycles. The van der Waals surface area contributed by atoms with Crippen LogP contribution in [0.5, 0.6) is 0 Å². The first-order valence-electron chi connectivity index (χ1n) is 9.24. The molecule has 1 aliphatic heterocycles. The average Bonchev–Trinajstić information content (AvgIpc) is 3.05. The van der Waals surface area contributed by atoms with Crippen LogP contribution in [0.15, 0.2) is 18.2 Å². The van der Waals surface area contributed by atoms with Gasteiger partial charge in [-0.25, -0.2) is 4.79 Å². The molecular formula is C21H25N5O2. The van der Waals surface area contributed by atoms with Gasteiger partial charge in [0.25, 0.3) is 0 Å². The van der Waals surface area contributed by atoms with E-state index in [0.29, 0.717) is 31.0 Å². The number of nitrogens with one attached hydrogen (secondary N) is 1. The molecule has 0 aliphatic carbocycles. The second-order valence-corrected chi connectivity index (χ2v) is 8.04. The second-order valence-electron chi connectivity index (χ2n) is 8.04. The van der Waals surface area contributed by atoms with Crippen molar-refractivity contribution in [2.45, 2.75) is 59.9 Å². The van der Waals surface area contributed by atoms with Crippen molar-refractivity contribution in [1.29, 1.82) is 5.26 Å². The molecule has 1 amide bonds. The lowest BCUT2D eigenvalue weighted by Gasteiger charge is -2.24. The molecule has 7 nitrogen and oxygen atoms in total. The predicted octanol–water partition coefficient (Wildman–Crippen LogP) is 3.83. The van der Waals surface area contributed by atoms with Crippen molar-refractivity contribution in [2.75, 3.05) is 5.32 Å². The van der Waals surface area contributed by atoms with E-state index < -0.39 is 5.60 Å². The third-order valence-corrected chi connectivity index (χ3v) is 4.67. The third kappa shape index (κ3) is 4.22. The van der Waals surface area contributed by atoms with Gasteiger partial charge in [0.05, 0.1) is 5.69 Å². The number of aryl methyl sites for hydroxylation is 1. The number of benzene rings is 1. The summed E-state index contributed by atoms with van der Waals surface area (Å²) < 4.78 is 5.46. The van der Waals surface area contributed by atoms with Crippen molar-refractivity contribution in [3.05, 3.63) is 51.7 Å². The molecular weight excluding hydrogens is 354 g/mol. The van der Waals surface area contributed by atoms with Crippen molar-refractivity contribution >= 4 is 11.9 Å². The van der Waals surface area contributed by atoms with Gasteiger partial charge < -0.3 is 10.1 Å². The zero-order valence-electron chi connectivity index (χ0n) is 17.0. The third-order valence-electron chi connectivity index (χ3n) is 4.67. The molecule has 1 aliphatic rings. The van der Waals surface area contributed by atoms with E-state index in [1.165, 1.54) is 0 Å². The van der Waals surface area contributed by atoms with Crippen LogP contribution in [0.25, 0.3) is 0 Å². The number of fused-ring (bicyclic) bond motifs is 1. The maximum absolute atomic E-state index is 12.3. The molecule has 0 spiro atoms. The Kier molecular flexibility index (Phi) is 5.23. The van der Waals surface area contributed by atoms with E-state index in [1.807, 2.05) is 46.8 Å². The molecule has 2 heterocycles. The van der Waals surface area contributed by atoms with Gasteiger partial charge >= 0.3 is 6.09 Å². The molecule has 146 valence electrons. The SMILES string of the molecule is Cc1nnc(NCc2ccc3c(c2)CN(C(=O)OC(C)(C)C)C3)c(C#N)c1C. The highest BCUT2D eigenvalue weighted by Gasteiger charge is 2.27. The van der Waals surface area contributed by atoms with E-state index in [-0.39, 0.29) is 6.09 Å². The molecule has 0 bridgehead atoms. The summed E-state index contributed by atoms with van der Waals surface area (Å²) in [5.41, 5.74) is 4.88. The first-order chi connectivity index (χ1) is 13.2. The summed E-state index contributed by atoms with van der Waals surface area (Å²) in [5.74, 6) is 0.487. The van der Waals surface area contributed by atoms with Gasteiger partial charge in [0.1, 0.15) is 17.2 Å². The zero-order chi connectivity index (χ0) is 20.5. The molecule has 0 radical (unpaired) electrons. The molecule has 0 atom stereocenters. The maximum atomic E-state index is 12.3. The molecule has 0 saturated heterocycles. The highest BCUT2D eigenvalue weighted by atomic mass is 16.6. The van der Waals surface area contributed by atoms with Gasteiger partial charge in [-0.15, -0.1) is 5.10 Å². The Bertz CT molecular complexity index is 956. The number of hydrogen-bond donors (Lipinski definition) is 1. The van der Waals surface area contributed by atoms with Gasteiger partial charge in [0.15, 0.2) is 5.82 Å². The van der Waals surface area contributed by atoms with Crippen LogP contribution in [0, 0.1) is 25.2 Å². The lowest BCUT2D eigenvalue weighted by Crippen LogP contribution is -2.33. The van der Waals surface area contributed by atoms with Gasteiger partial charge in [-0.2, -0.15) is 10.4 Å². The Morgan fingerprint density at radius 2 is 1.96 bits per heavy atom. The lowest BCUT2D eigenvalue weighted by molar-refractivity contribution is 0.0242. The average molecular weight is 379 g/mol. The number of carbonyl (C=O) groups excluding carboxylic acids is 1. The molecule has 3 rings (SSSR count). The molecule has 0 unspecified atom stereocenters. The molecule has 0 fully saturated rings. The zero-order valence-corrected chi connectivity index (χ0v) is 17.0. The number of rotatable bonds is 3. The highest BCUT2D eigenvalue weighted by Crippen LogP contribution is 2.26. The summed E-state index contributed by atoms with van der Waals surface area (Å²) in [4.78, 5) is 14.0. The Hall–Kier alpha value is -3.14. The van der Waals surface area contributed by atoms with E-state index in [2.05, 4.69) is 27.6 Å². The summed E-state index contributed by atoms with van der Waals surface area (Å²) in [6, 6.07) is 8.33. The molecule has 2 aromatic rings. The van der Waals surface area contributed by atoms with Crippen molar-refractivity contribution in [3.8, 4) is 6.07 Å². The molecule has 1 aromatic heterocycles. The number of anilines is 1. The number of nitriles is 1. The number of aromatic nitrogens is 2. The van der Waals surface area contributed by atoms with Crippen LogP contribution >= 0.6 is 0 Å². The van der Waals surface area contributed by atoms with Crippen LogP contribution in [0.3, 0.4) is 0 Å². The van der Waals surface area contributed by atoms with Gasteiger partial charge in [-0.1, -0.05) is 18.2 Å². The normalized spacial score (nSPS) is 13.1. The fourth-order valence-electron chi connectivity index (χ4n) is 3.07. The van der Waals surface area contributed by atoms with Crippen molar-refractivity contribution < 1.29 is 9.53 Å². The molecule has 7 heteroatoms. The summed E-state index contributed by atoms with van der Waals surface area (Å²) >= 11 is 0. The Morgan fingerprint density at radius 1 is 1.25 bits per heavy atom. The monoisotopic (exact) mass is 379 g/mol.